The number of para-hydroxylation sites is 1. The molecular formula is C20H42N2O5. The number of carbonyl (C=O) groups is 2. The molecule has 0 amide bonds. The first-order valence-corrected chi connectivity index (χ1v) is 7.74. The van der Waals surface area contributed by atoms with Crippen molar-refractivity contribution >= 4 is 11.9 Å². The number of benzene rings is 1. The van der Waals surface area contributed by atoms with Gasteiger partial charge in [0.15, 0.2) is 0 Å². The van der Waals surface area contributed by atoms with E-state index in [9.17, 15) is 9.59 Å². The Kier molecular flexibility index (Phi) is 29.1. The van der Waals surface area contributed by atoms with Crippen LogP contribution in [-0.2, 0) is 19.1 Å². The zero-order valence-corrected chi connectivity index (χ0v) is 15.1. The van der Waals surface area contributed by atoms with Gasteiger partial charge in [-0.25, -0.2) is 0 Å². The molecule has 0 aromatic heterocycles. The van der Waals surface area contributed by atoms with Gasteiger partial charge in [-0.3, -0.25) is 9.59 Å². The lowest BCUT2D eigenvalue weighted by Gasteiger charge is -2.08. The number of hydrogen-bond acceptors (Lipinski definition) is 7. The summed E-state index contributed by atoms with van der Waals surface area (Å²) in [6, 6.07) is 7.71. The minimum atomic E-state index is -0.507. The Balaban J connectivity index is -0.0000000853. The van der Waals surface area contributed by atoms with Gasteiger partial charge in [-0.1, -0.05) is 40.5 Å². The molecule has 0 aliphatic carbocycles. The van der Waals surface area contributed by atoms with Crippen LogP contribution in [0.25, 0.3) is 0 Å². The molecule has 162 valence electrons. The number of carbonyl (C=O) groups excluding carboxylic acids is 2. The lowest BCUT2D eigenvalue weighted by atomic mass is 10.3. The molecule has 0 saturated heterocycles. The summed E-state index contributed by atoms with van der Waals surface area (Å²) in [4.78, 5) is 21.0. The SMILES string of the molecule is C.C.C.CC(C)OC(=O)C(C)N.CCOC(=O)C(C)N.Oc1ccccc1. The van der Waals surface area contributed by atoms with E-state index in [2.05, 4.69) is 4.74 Å². The van der Waals surface area contributed by atoms with Crippen LogP contribution in [0.1, 0.15) is 56.9 Å². The minimum Gasteiger partial charge on any atom is -0.508 e. The van der Waals surface area contributed by atoms with Crippen LogP contribution in [0.5, 0.6) is 5.75 Å². The average molecular weight is 391 g/mol. The van der Waals surface area contributed by atoms with Crippen LogP contribution < -0.4 is 11.5 Å². The van der Waals surface area contributed by atoms with E-state index in [-0.39, 0.29) is 40.3 Å². The highest BCUT2D eigenvalue weighted by Crippen LogP contribution is 2.02. The van der Waals surface area contributed by atoms with E-state index in [1.165, 1.54) is 0 Å². The van der Waals surface area contributed by atoms with Crippen LogP contribution in [0.15, 0.2) is 30.3 Å². The molecule has 0 saturated carbocycles. The summed E-state index contributed by atoms with van der Waals surface area (Å²) in [7, 11) is 0. The molecule has 7 nitrogen and oxygen atoms in total. The van der Waals surface area contributed by atoms with Crippen LogP contribution >= 0.6 is 0 Å². The molecule has 0 aliphatic heterocycles. The maximum atomic E-state index is 10.6. The number of rotatable bonds is 4. The zero-order chi connectivity index (χ0) is 19.1. The molecule has 0 heterocycles. The van der Waals surface area contributed by atoms with Crippen LogP contribution in [-0.4, -0.2) is 41.8 Å². The molecule has 0 aliphatic rings. The molecular weight excluding hydrogens is 348 g/mol. The normalized spacial score (nSPS) is 10.5. The molecule has 0 fully saturated rings. The molecule has 1 rings (SSSR count). The Labute approximate surface area is 166 Å². The third-order valence-electron chi connectivity index (χ3n) is 2.14. The smallest absolute Gasteiger partial charge is 0.322 e. The van der Waals surface area contributed by atoms with Gasteiger partial charge in [-0.05, 0) is 46.8 Å². The maximum Gasteiger partial charge on any atom is 0.322 e. The van der Waals surface area contributed by atoms with E-state index < -0.39 is 12.1 Å². The maximum absolute atomic E-state index is 10.6. The standard InChI is InChI=1S/C6H13NO2.C6H6O.C5H11NO2.3CH4/c1-4(2)9-6(8)5(3)7;7-6-4-2-1-3-5-6;1-3-8-5(7)4(2)6;;;/h4-5H,7H2,1-3H3;1-5,7H;4H,3,6H2,1-2H3;3*1H4. The topological polar surface area (TPSA) is 125 Å². The van der Waals surface area contributed by atoms with Gasteiger partial charge in [0.05, 0.1) is 12.7 Å². The third kappa shape index (κ3) is 26.2. The first-order chi connectivity index (χ1) is 11.1. The first-order valence-electron chi connectivity index (χ1n) is 7.74. The molecule has 0 spiro atoms. The van der Waals surface area contributed by atoms with Gasteiger partial charge in [-0.2, -0.15) is 0 Å². The van der Waals surface area contributed by atoms with E-state index >= 15 is 0 Å². The monoisotopic (exact) mass is 390 g/mol. The van der Waals surface area contributed by atoms with E-state index in [1.807, 2.05) is 6.07 Å². The van der Waals surface area contributed by atoms with Crippen molar-refractivity contribution in [3.8, 4) is 5.75 Å². The lowest BCUT2D eigenvalue weighted by Crippen LogP contribution is -2.30. The van der Waals surface area contributed by atoms with Crippen LogP contribution in [0.4, 0.5) is 0 Å². The molecule has 27 heavy (non-hydrogen) atoms. The predicted molar refractivity (Wildman–Crippen MR) is 113 cm³/mol. The molecule has 1 aromatic rings. The minimum absolute atomic E-state index is 0. The van der Waals surface area contributed by atoms with Gasteiger partial charge in [-0.15, -0.1) is 0 Å². The van der Waals surface area contributed by atoms with Crippen molar-refractivity contribution in [3.63, 3.8) is 0 Å². The zero-order valence-electron chi connectivity index (χ0n) is 15.1. The van der Waals surface area contributed by atoms with Gasteiger partial charge in [0, 0.05) is 0 Å². The Morgan fingerprint density at radius 2 is 1.33 bits per heavy atom. The Bertz CT molecular complexity index is 449. The predicted octanol–water partition coefficient (Wildman–Crippen LogP) is 3.48. The number of hydrogen-bond donors (Lipinski definition) is 3. The highest BCUT2D eigenvalue weighted by Gasteiger charge is 2.09. The Hall–Kier alpha value is -2.12. The lowest BCUT2D eigenvalue weighted by molar-refractivity contribution is -0.148. The van der Waals surface area contributed by atoms with Crippen LogP contribution in [0, 0.1) is 0 Å². The first kappa shape index (κ1) is 35.9. The number of phenolic OH excluding ortho intramolecular Hbond substituents is 1. The fraction of sp³-hybridized carbons (Fsp3) is 0.600. The molecule has 2 unspecified atom stereocenters. The molecule has 0 radical (unpaired) electrons. The number of esters is 2. The second-order valence-corrected chi connectivity index (χ2v) is 5.15. The number of aromatic hydroxyl groups is 1. The van der Waals surface area contributed by atoms with Gasteiger partial charge in [0.1, 0.15) is 17.8 Å². The van der Waals surface area contributed by atoms with Crippen molar-refractivity contribution in [2.75, 3.05) is 6.61 Å². The summed E-state index contributed by atoms with van der Waals surface area (Å²) in [5.74, 6) is -0.361. The van der Waals surface area contributed by atoms with E-state index in [1.54, 1.807) is 58.9 Å². The third-order valence-corrected chi connectivity index (χ3v) is 2.14. The number of ether oxygens (including phenoxy) is 2. The molecule has 5 N–H and O–H groups in total. The van der Waals surface area contributed by atoms with Crippen molar-refractivity contribution in [2.45, 2.75) is 75.1 Å². The molecule has 2 atom stereocenters. The fourth-order valence-corrected chi connectivity index (χ4v) is 1.04. The highest BCUT2D eigenvalue weighted by molar-refractivity contribution is 5.75. The molecule has 0 bridgehead atoms. The van der Waals surface area contributed by atoms with Gasteiger partial charge < -0.3 is 26.0 Å². The summed E-state index contributed by atoms with van der Waals surface area (Å²) in [6.07, 6.45) is -0.0662. The average Bonchev–Trinajstić information content (AvgIpc) is 2.48. The molecule has 7 heteroatoms. The van der Waals surface area contributed by atoms with Crippen molar-refractivity contribution in [1.29, 1.82) is 0 Å². The summed E-state index contributed by atoms with van der Waals surface area (Å²) in [5.41, 5.74) is 10.4. The van der Waals surface area contributed by atoms with E-state index in [4.69, 9.17) is 21.3 Å². The van der Waals surface area contributed by atoms with Gasteiger partial charge >= 0.3 is 11.9 Å². The summed E-state index contributed by atoms with van der Waals surface area (Å²) in [5, 5.41) is 8.63. The van der Waals surface area contributed by atoms with Crippen molar-refractivity contribution in [2.24, 2.45) is 11.5 Å². The van der Waals surface area contributed by atoms with Crippen molar-refractivity contribution in [3.05, 3.63) is 30.3 Å². The van der Waals surface area contributed by atoms with Crippen molar-refractivity contribution in [1.82, 2.24) is 0 Å². The molecule has 1 aromatic carbocycles. The highest BCUT2D eigenvalue weighted by atomic mass is 16.5. The second kappa shape index (κ2) is 21.9. The fourth-order valence-electron chi connectivity index (χ4n) is 1.04. The second-order valence-electron chi connectivity index (χ2n) is 5.15. The van der Waals surface area contributed by atoms with Gasteiger partial charge in [0.25, 0.3) is 0 Å². The van der Waals surface area contributed by atoms with Crippen LogP contribution in [0.3, 0.4) is 0 Å². The largest absolute Gasteiger partial charge is 0.508 e. The summed E-state index contributed by atoms with van der Waals surface area (Å²) in [6.45, 7) is 8.93. The summed E-state index contributed by atoms with van der Waals surface area (Å²) >= 11 is 0. The Morgan fingerprint density at radius 1 is 0.926 bits per heavy atom. The summed E-state index contributed by atoms with van der Waals surface area (Å²) < 4.78 is 9.29. The van der Waals surface area contributed by atoms with Crippen molar-refractivity contribution < 1.29 is 24.2 Å². The number of nitrogens with two attached hydrogens (primary N) is 2. The number of phenols is 1. The van der Waals surface area contributed by atoms with E-state index in [0.717, 1.165) is 0 Å². The van der Waals surface area contributed by atoms with E-state index in [0.29, 0.717) is 12.4 Å². The van der Waals surface area contributed by atoms with Crippen LogP contribution in [0.2, 0.25) is 0 Å². The quantitative estimate of drug-likeness (QED) is 0.672. The van der Waals surface area contributed by atoms with Gasteiger partial charge in [0.2, 0.25) is 0 Å². The Morgan fingerprint density at radius 3 is 1.48 bits per heavy atom.